The third-order valence-electron chi connectivity index (χ3n) is 2.70. The Balaban J connectivity index is 2.76. The van der Waals surface area contributed by atoms with Gasteiger partial charge in [0.2, 0.25) is 5.91 Å². The summed E-state index contributed by atoms with van der Waals surface area (Å²) in [5, 5.41) is 8.94. The average Bonchev–Trinajstić information content (AvgIpc) is 2.38. The quantitative estimate of drug-likeness (QED) is 0.761. The zero-order chi connectivity index (χ0) is 12.7. The van der Waals surface area contributed by atoms with Crippen LogP contribution in [0.25, 0.3) is 0 Å². The van der Waals surface area contributed by atoms with Gasteiger partial charge in [-0.25, -0.2) is 0 Å². The molecule has 92 valence electrons. The van der Waals surface area contributed by atoms with E-state index in [0.717, 1.165) is 5.56 Å². The van der Waals surface area contributed by atoms with E-state index in [0.29, 0.717) is 13.1 Å². The molecule has 1 unspecified atom stereocenters. The highest BCUT2D eigenvalue weighted by molar-refractivity contribution is 5.83. The molecule has 1 rings (SSSR count). The lowest BCUT2D eigenvalue weighted by Gasteiger charge is -2.24. The number of benzene rings is 1. The van der Waals surface area contributed by atoms with Crippen LogP contribution >= 0.6 is 0 Å². The number of hydrogen-bond acceptors (Lipinski definition) is 2. The summed E-state index contributed by atoms with van der Waals surface area (Å²) in [4.78, 5) is 13.8. The molecule has 1 aromatic carbocycles. The van der Waals surface area contributed by atoms with Crippen molar-refractivity contribution in [1.82, 2.24) is 4.90 Å². The summed E-state index contributed by atoms with van der Waals surface area (Å²) in [5.74, 6) is -0.173. The van der Waals surface area contributed by atoms with Crippen LogP contribution in [0, 0.1) is 0 Å². The van der Waals surface area contributed by atoms with Crippen molar-refractivity contribution in [2.45, 2.75) is 12.8 Å². The second-order valence-electron chi connectivity index (χ2n) is 3.93. The van der Waals surface area contributed by atoms with Gasteiger partial charge in [0.1, 0.15) is 0 Å². The van der Waals surface area contributed by atoms with Crippen molar-refractivity contribution in [3.63, 3.8) is 0 Å². The van der Waals surface area contributed by atoms with Crippen LogP contribution in [-0.2, 0) is 4.79 Å². The first kappa shape index (κ1) is 13.5. The van der Waals surface area contributed by atoms with Gasteiger partial charge in [0.25, 0.3) is 0 Å². The topological polar surface area (TPSA) is 40.5 Å². The summed E-state index contributed by atoms with van der Waals surface area (Å²) in [7, 11) is 0. The van der Waals surface area contributed by atoms with E-state index in [1.54, 1.807) is 11.0 Å². The van der Waals surface area contributed by atoms with Crippen LogP contribution in [0.2, 0.25) is 0 Å². The molecule has 1 amide bonds. The fourth-order valence-corrected chi connectivity index (χ4v) is 1.73. The lowest BCUT2D eigenvalue weighted by Crippen LogP contribution is -2.36. The molecule has 0 radical (unpaired) electrons. The van der Waals surface area contributed by atoms with Gasteiger partial charge in [0, 0.05) is 13.1 Å². The summed E-state index contributed by atoms with van der Waals surface area (Å²) in [6.07, 6.45) is 1.67. The molecule has 3 heteroatoms. The standard InChI is InChI=1S/C14H19NO2/c1-3-9-15(10-11-16)14(17)12(2)13-7-5-4-6-8-13/h3-8,12,16H,1,9-11H2,2H3. The van der Waals surface area contributed by atoms with Gasteiger partial charge in [-0.2, -0.15) is 0 Å². The van der Waals surface area contributed by atoms with E-state index in [9.17, 15) is 4.79 Å². The Kier molecular flexibility index (Phi) is 5.43. The predicted octanol–water partition coefficient (Wildman–Crippen LogP) is 1.80. The minimum atomic E-state index is -0.192. The number of aliphatic hydroxyl groups is 1. The first-order valence-electron chi connectivity index (χ1n) is 5.76. The van der Waals surface area contributed by atoms with Crippen molar-refractivity contribution in [2.24, 2.45) is 0 Å². The van der Waals surface area contributed by atoms with Crippen LogP contribution in [0.15, 0.2) is 43.0 Å². The van der Waals surface area contributed by atoms with E-state index in [1.165, 1.54) is 0 Å². The van der Waals surface area contributed by atoms with Crippen LogP contribution in [0.4, 0.5) is 0 Å². The molecule has 0 aromatic heterocycles. The van der Waals surface area contributed by atoms with Gasteiger partial charge in [-0.1, -0.05) is 36.4 Å². The maximum absolute atomic E-state index is 12.2. The summed E-state index contributed by atoms with van der Waals surface area (Å²) >= 11 is 0. The van der Waals surface area contributed by atoms with Crippen molar-refractivity contribution in [3.05, 3.63) is 48.6 Å². The van der Waals surface area contributed by atoms with Gasteiger partial charge >= 0.3 is 0 Å². The predicted molar refractivity (Wildman–Crippen MR) is 68.7 cm³/mol. The summed E-state index contributed by atoms with van der Waals surface area (Å²) in [5.41, 5.74) is 0.990. The highest BCUT2D eigenvalue weighted by Crippen LogP contribution is 2.17. The lowest BCUT2D eigenvalue weighted by atomic mass is 10.00. The van der Waals surface area contributed by atoms with Crippen molar-refractivity contribution in [3.8, 4) is 0 Å². The SMILES string of the molecule is C=CCN(CCO)C(=O)C(C)c1ccccc1. The number of carbonyl (C=O) groups excluding carboxylic acids is 1. The van der Waals surface area contributed by atoms with E-state index >= 15 is 0 Å². The van der Waals surface area contributed by atoms with Crippen LogP contribution in [0.5, 0.6) is 0 Å². The number of hydrogen-bond donors (Lipinski definition) is 1. The van der Waals surface area contributed by atoms with Crippen molar-refractivity contribution >= 4 is 5.91 Å². The Labute approximate surface area is 102 Å². The third-order valence-corrected chi connectivity index (χ3v) is 2.70. The minimum absolute atomic E-state index is 0.0187. The normalized spacial score (nSPS) is 11.9. The third kappa shape index (κ3) is 3.71. The van der Waals surface area contributed by atoms with Gasteiger partial charge < -0.3 is 10.0 Å². The number of aliphatic hydroxyl groups excluding tert-OH is 1. The number of amides is 1. The highest BCUT2D eigenvalue weighted by atomic mass is 16.3. The molecular weight excluding hydrogens is 214 g/mol. The van der Waals surface area contributed by atoms with Crippen molar-refractivity contribution < 1.29 is 9.90 Å². The first-order chi connectivity index (χ1) is 8.20. The highest BCUT2D eigenvalue weighted by Gasteiger charge is 2.20. The molecular formula is C14H19NO2. The Morgan fingerprint density at radius 1 is 1.47 bits per heavy atom. The molecule has 0 spiro atoms. The van der Waals surface area contributed by atoms with Crippen LogP contribution in [0.3, 0.4) is 0 Å². The zero-order valence-electron chi connectivity index (χ0n) is 10.2. The van der Waals surface area contributed by atoms with Gasteiger partial charge in [-0.05, 0) is 12.5 Å². The number of nitrogens with zero attached hydrogens (tertiary/aromatic N) is 1. The monoisotopic (exact) mass is 233 g/mol. The smallest absolute Gasteiger partial charge is 0.230 e. The number of carbonyl (C=O) groups is 1. The maximum Gasteiger partial charge on any atom is 0.230 e. The van der Waals surface area contributed by atoms with Crippen LogP contribution in [0.1, 0.15) is 18.4 Å². The maximum atomic E-state index is 12.2. The molecule has 3 nitrogen and oxygen atoms in total. The second kappa shape index (κ2) is 6.86. The van der Waals surface area contributed by atoms with Gasteiger partial charge in [-0.15, -0.1) is 6.58 Å². The lowest BCUT2D eigenvalue weighted by molar-refractivity contribution is -0.132. The Morgan fingerprint density at radius 3 is 2.65 bits per heavy atom. The molecule has 0 aliphatic heterocycles. The Bertz CT molecular complexity index is 362. The molecule has 0 bridgehead atoms. The fourth-order valence-electron chi connectivity index (χ4n) is 1.73. The largest absolute Gasteiger partial charge is 0.395 e. The van der Waals surface area contributed by atoms with Crippen LogP contribution in [-0.4, -0.2) is 35.6 Å². The van der Waals surface area contributed by atoms with E-state index in [2.05, 4.69) is 6.58 Å². The van der Waals surface area contributed by atoms with Crippen LogP contribution < -0.4 is 0 Å². The molecule has 0 aliphatic rings. The molecule has 0 saturated heterocycles. The minimum Gasteiger partial charge on any atom is -0.395 e. The molecule has 0 heterocycles. The zero-order valence-corrected chi connectivity index (χ0v) is 10.2. The Hall–Kier alpha value is -1.61. The summed E-state index contributed by atoms with van der Waals surface area (Å²) in [6.45, 7) is 6.29. The Morgan fingerprint density at radius 2 is 2.12 bits per heavy atom. The van der Waals surface area contributed by atoms with Gasteiger partial charge in [-0.3, -0.25) is 4.79 Å². The molecule has 0 fully saturated rings. The summed E-state index contributed by atoms with van der Waals surface area (Å²) < 4.78 is 0. The van der Waals surface area contributed by atoms with Crippen molar-refractivity contribution in [1.29, 1.82) is 0 Å². The van der Waals surface area contributed by atoms with E-state index in [-0.39, 0.29) is 18.4 Å². The first-order valence-corrected chi connectivity index (χ1v) is 5.76. The van der Waals surface area contributed by atoms with E-state index in [1.807, 2.05) is 37.3 Å². The van der Waals surface area contributed by atoms with E-state index in [4.69, 9.17) is 5.11 Å². The van der Waals surface area contributed by atoms with E-state index < -0.39 is 0 Å². The molecule has 0 aliphatic carbocycles. The van der Waals surface area contributed by atoms with Crippen molar-refractivity contribution in [2.75, 3.05) is 19.7 Å². The summed E-state index contributed by atoms with van der Waals surface area (Å²) in [6, 6.07) is 9.64. The second-order valence-corrected chi connectivity index (χ2v) is 3.93. The average molecular weight is 233 g/mol. The van der Waals surface area contributed by atoms with Gasteiger partial charge in [0.15, 0.2) is 0 Å². The van der Waals surface area contributed by atoms with Gasteiger partial charge in [0.05, 0.1) is 12.5 Å². The molecule has 1 aromatic rings. The molecule has 1 N–H and O–H groups in total. The molecule has 0 saturated carbocycles. The fraction of sp³-hybridized carbons (Fsp3) is 0.357. The molecule has 17 heavy (non-hydrogen) atoms. The molecule has 1 atom stereocenters. The number of rotatable bonds is 6.